The van der Waals surface area contributed by atoms with Gasteiger partial charge in [0, 0.05) is 12.1 Å². The topological polar surface area (TPSA) is 48.1 Å². The van der Waals surface area contributed by atoms with Gasteiger partial charge < -0.3 is 10.5 Å². The van der Waals surface area contributed by atoms with Gasteiger partial charge in [-0.25, -0.2) is 0 Å². The van der Waals surface area contributed by atoms with Crippen LogP contribution in [0.15, 0.2) is 35.2 Å². The lowest BCUT2D eigenvalue weighted by atomic mass is 10.3. The van der Waals surface area contributed by atoms with Gasteiger partial charge in [0.25, 0.3) is 0 Å². The van der Waals surface area contributed by atoms with Crippen molar-refractivity contribution in [3.8, 4) is 5.75 Å². The first-order valence-corrected chi connectivity index (χ1v) is 6.11. The molecule has 3 nitrogen and oxygen atoms in total. The van der Waals surface area contributed by atoms with Crippen LogP contribution in [0.3, 0.4) is 0 Å². The number of thiophene rings is 1. The van der Waals surface area contributed by atoms with E-state index in [1.165, 1.54) is 5.56 Å². The van der Waals surface area contributed by atoms with Crippen LogP contribution in [-0.2, 0) is 13.0 Å². The van der Waals surface area contributed by atoms with Crippen LogP contribution in [0.5, 0.6) is 5.75 Å². The molecule has 0 bridgehead atoms. The summed E-state index contributed by atoms with van der Waals surface area (Å²) in [4.78, 5) is 4.27. The van der Waals surface area contributed by atoms with Gasteiger partial charge in [-0.15, -0.1) is 0 Å². The maximum Gasteiger partial charge on any atom is 0.138 e. The van der Waals surface area contributed by atoms with E-state index in [2.05, 4.69) is 16.4 Å². The molecule has 2 N–H and O–H groups in total. The molecule has 2 rings (SSSR count). The highest BCUT2D eigenvalue weighted by Gasteiger charge is 1.98. The van der Waals surface area contributed by atoms with E-state index in [1.807, 2.05) is 17.5 Å². The highest BCUT2D eigenvalue weighted by atomic mass is 32.1. The minimum absolute atomic E-state index is 0.599. The van der Waals surface area contributed by atoms with E-state index in [1.54, 1.807) is 17.5 Å². The maximum absolute atomic E-state index is 5.60. The van der Waals surface area contributed by atoms with Crippen LogP contribution in [0.25, 0.3) is 0 Å². The molecular formula is C12H14N2OS. The molecule has 0 aliphatic carbocycles. The van der Waals surface area contributed by atoms with Crippen molar-refractivity contribution in [1.29, 1.82) is 0 Å². The number of rotatable bonds is 5. The Balaban J connectivity index is 1.90. The first-order valence-electron chi connectivity index (χ1n) is 5.17. The summed E-state index contributed by atoms with van der Waals surface area (Å²) in [6.45, 7) is 1.23. The SMILES string of the molecule is NCCc1ccc(OCc2ccsc2)cn1. The van der Waals surface area contributed by atoms with Gasteiger partial charge in [0.15, 0.2) is 0 Å². The zero-order valence-electron chi connectivity index (χ0n) is 8.93. The Bertz CT molecular complexity index is 411. The molecule has 84 valence electrons. The number of nitrogens with zero attached hydrogens (tertiary/aromatic N) is 1. The van der Waals surface area contributed by atoms with Crippen molar-refractivity contribution >= 4 is 11.3 Å². The van der Waals surface area contributed by atoms with Gasteiger partial charge in [0.2, 0.25) is 0 Å². The largest absolute Gasteiger partial charge is 0.487 e. The Kier molecular flexibility index (Phi) is 3.91. The molecule has 0 amide bonds. The van der Waals surface area contributed by atoms with Crippen molar-refractivity contribution in [3.63, 3.8) is 0 Å². The lowest BCUT2D eigenvalue weighted by Crippen LogP contribution is -2.04. The molecule has 0 unspecified atom stereocenters. The van der Waals surface area contributed by atoms with E-state index < -0.39 is 0 Å². The van der Waals surface area contributed by atoms with E-state index in [-0.39, 0.29) is 0 Å². The molecule has 2 aromatic heterocycles. The van der Waals surface area contributed by atoms with Crippen LogP contribution in [0, 0.1) is 0 Å². The zero-order valence-corrected chi connectivity index (χ0v) is 9.74. The van der Waals surface area contributed by atoms with Crippen LogP contribution < -0.4 is 10.5 Å². The summed E-state index contributed by atoms with van der Waals surface area (Å²) in [5.41, 5.74) is 7.65. The highest BCUT2D eigenvalue weighted by Crippen LogP contribution is 2.13. The van der Waals surface area contributed by atoms with E-state index in [9.17, 15) is 0 Å². The number of nitrogens with two attached hydrogens (primary N) is 1. The van der Waals surface area contributed by atoms with Crippen LogP contribution in [0.1, 0.15) is 11.3 Å². The highest BCUT2D eigenvalue weighted by molar-refractivity contribution is 7.07. The second-order valence-corrected chi connectivity index (χ2v) is 4.22. The van der Waals surface area contributed by atoms with Crippen molar-refractivity contribution < 1.29 is 4.74 Å². The average Bonchev–Trinajstić information content (AvgIpc) is 2.82. The number of hydrogen-bond donors (Lipinski definition) is 1. The fraction of sp³-hybridized carbons (Fsp3) is 0.250. The molecule has 2 heterocycles. The van der Waals surface area contributed by atoms with Crippen molar-refractivity contribution in [2.45, 2.75) is 13.0 Å². The Labute approximate surface area is 98.9 Å². The van der Waals surface area contributed by atoms with E-state index >= 15 is 0 Å². The quantitative estimate of drug-likeness (QED) is 0.863. The van der Waals surface area contributed by atoms with Crippen molar-refractivity contribution in [2.75, 3.05) is 6.54 Å². The summed E-state index contributed by atoms with van der Waals surface area (Å²) in [6.07, 6.45) is 2.56. The molecule has 0 aromatic carbocycles. The second-order valence-electron chi connectivity index (χ2n) is 3.44. The lowest BCUT2D eigenvalue weighted by Gasteiger charge is -2.05. The van der Waals surface area contributed by atoms with Gasteiger partial charge >= 0.3 is 0 Å². The summed E-state index contributed by atoms with van der Waals surface area (Å²) in [5.74, 6) is 0.798. The molecule has 0 radical (unpaired) electrons. The molecular weight excluding hydrogens is 220 g/mol. The van der Waals surface area contributed by atoms with Gasteiger partial charge in [-0.3, -0.25) is 4.98 Å². The second kappa shape index (κ2) is 5.63. The molecule has 0 fully saturated rings. The summed E-state index contributed by atoms with van der Waals surface area (Å²) in [7, 11) is 0. The predicted molar refractivity (Wildman–Crippen MR) is 65.6 cm³/mol. The van der Waals surface area contributed by atoms with Crippen molar-refractivity contribution in [1.82, 2.24) is 4.98 Å². The van der Waals surface area contributed by atoms with Crippen LogP contribution >= 0.6 is 11.3 Å². The third kappa shape index (κ3) is 3.05. The molecule has 4 heteroatoms. The van der Waals surface area contributed by atoms with Gasteiger partial charge in [-0.2, -0.15) is 11.3 Å². The first kappa shape index (κ1) is 11.1. The molecule has 0 aliphatic rings. The maximum atomic E-state index is 5.60. The molecule has 16 heavy (non-hydrogen) atoms. The van der Waals surface area contributed by atoms with Crippen LogP contribution in [0.4, 0.5) is 0 Å². The van der Waals surface area contributed by atoms with E-state index in [0.29, 0.717) is 13.2 Å². The van der Waals surface area contributed by atoms with Gasteiger partial charge in [-0.1, -0.05) is 0 Å². The number of pyridine rings is 1. The van der Waals surface area contributed by atoms with Crippen LogP contribution in [0.2, 0.25) is 0 Å². The van der Waals surface area contributed by atoms with Gasteiger partial charge in [-0.05, 0) is 41.1 Å². The van der Waals surface area contributed by atoms with Gasteiger partial charge in [0.1, 0.15) is 12.4 Å². The standard InChI is InChI=1S/C12H14N2OS/c13-5-3-11-1-2-12(7-14-11)15-8-10-4-6-16-9-10/h1-2,4,6-7,9H,3,5,8,13H2. The Hall–Kier alpha value is -1.39. The molecule has 0 aliphatic heterocycles. The summed E-state index contributed by atoms with van der Waals surface area (Å²) >= 11 is 1.67. The minimum Gasteiger partial charge on any atom is -0.487 e. The van der Waals surface area contributed by atoms with E-state index in [4.69, 9.17) is 10.5 Å². The molecule has 2 aromatic rings. The third-order valence-corrected chi connectivity index (χ3v) is 2.92. The lowest BCUT2D eigenvalue weighted by molar-refractivity contribution is 0.305. The van der Waals surface area contributed by atoms with Crippen LogP contribution in [-0.4, -0.2) is 11.5 Å². The molecule has 0 spiro atoms. The number of aromatic nitrogens is 1. The fourth-order valence-corrected chi connectivity index (χ4v) is 1.99. The van der Waals surface area contributed by atoms with Gasteiger partial charge in [0.05, 0.1) is 6.20 Å². The smallest absolute Gasteiger partial charge is 0.138 e. The number of hydrogen-bond acceptors (Lipinski definition) is 4. The zero-order chi connectivity index (χ0) is 11.2. The van der Waals surface area contributed by atoms with E-state index in [0.717, 1.165) is 17.9 Å². The molecule has 0 saturated carbocycles. The Morgan fingerprint density at radius 2 is 2.25 bits per heavy atom. The Morgan fingerprint density at radius 1 is 1.31 bits per heavy atom. The number of ether oxygens (including phenoxy) is 1. The van der Waals surface area contributed by atoms with Crippen molar-refractivity contribution in [3.05, 3.63) is 46.4 Å². The first-order chi connectivity index (χ1) is 7.88. The minimum atomic E-state index is 0.599. The average molecular weight is 234 g/mol. The summed E-state index contributed by atoms with van der Waals surface area (Å²) < 4.78 is 5.60. The monoisotopic (exact) mass is 234 g/mol. The normalized spacial score (nSPS) is 10.3. The molecule has 0 saturated heterocycles. The summed E-state index contributed by atoms with van der Waals surface area (Å²) in [6, 6.07) is 5.95. The fourth-order valence-electron chi connectivity index (χ4n) is 1.33. The molecule has 0 atom stereocenters. The predicted octanol–water partition coefficient (Wildman–Crippen LogP) is 2.22. The summed E-state index contributed by atoms with van der Waals surface area (Å²) in [5, 5.41) is 4.12. The third-order valence-electron chi connectivity index (χ3n) is 2.18. The Morgan fingerprint density at radius 3 is 2.88 bits per heavy atom. The van der Waals surface area contributed by atoms with Crippen molar-refractivity contribution in [2.24, 2.45) is 5.73 Å².